The van der Waals surface area contributed by atoms with Gasteiger partial charge in [-0.3, -0.25) is 4.79 Å². The van der Waals surface area contributed by atoms with Crippen LogP contribution in [-0.2, 0) is 14.3 Å². The summed E-state index contributed by atoms with van der Waals surface area (Å²) >= 11 is 19.1. The summed E-state index contributed by atoms with van der Waals surface area (Å²) in [6.45, 7) is 5.32. The first-order valence-electron chi connectivity index (χ1n) is 10.3. The van der Waals surface area contributed by atoms with Gasteiger partial charge in [-0.25, -0.2) is 4.79 Å². The van der Waals surface area contributed by atoms with E-state index < -0.39 is 11.9 Å². The van der Waals surface area contributed by atoms with Crippen molar-refractivity contribution >= 4 is 64.1 Å². The second kappa shape index (κ2) is 12.2. The Hall–Kier alpha value is -2.89. The van der Waals surface area contributed by atoms with E-state index in [-0.39, 0.29) is 23.8 Å². The number of nitrogens with one attached hydrogen (secondary N) is 2. The number of carbonyl (C=O) groups is 2. The Bertz CT molecular complexity index is 1270. The van der Waals surface area contributed by atoms with Crippen LogP contribution >= 0.6 is 46.6 Å². The van der Waals surface area contributed by atoms with E-state index in [4.69, 9.17) is 39.5 Å². The number of esters is 1. The van der Waals surface area contributed by atoms with E-state index in [0.29, 0.717) is 42.6 Å². The quantitative estimate of drug-likeness (QED) is 0.291. The lowest BCUT2D eigenvalue weighted by Gasteiger charge is -2.29. The Morgan fingerprint density at radius 3 is 2.54 bits per heavy atom. The molecule has 1 heterocycles. The second-order valence-corrected chi connectivity index (χ2v) is 9.59. The van der Waals surface area contributed by atoms with Crippen LogP contribution in [0.25, 0.3) is 0 Å². The number of benzene rings is 2. The van der Waals surface area contributed by atoms with E-state index in [2.05, 4.69) is 23.3 Å². The average molecular weight is 549 g/mol. The van der Waals surface area contributed by atoms with Crippen LogP contribution in [0.15, 0.2) is 77.0 Å². The number of hydrogen-bond donors (Lipinski definition) is 2. The van der Waals surface area contributed by atoms with E-state index in [0.717, 1.165) is 11.8 Å². The van der Waals surface area contributed by atoms with Crippen LogP contribution in [-0.4, -0.2) is 24.2 Å². The molecule has 180 valence electrons. The highest BCUT2D eigenvalue weighted by Crippen LogP contribution is 2.41. The zero-order valence-electron chi connectivity index (χ0n) is 18.5. The third-order valence-corrected chi connectivity index (χ3v) is 6.96. The summed E-state index contributed by atoms with van der Waals surface area (Å²) in [6.07, 6.45) is 1.47. The summed E-state index contributed by atoms with van der Waals surface area (Å²) in [4.78, 5) is 25.4. The molecule has 0 fully saturated rings. The molecule has 1 atom stereocenters. The summed E-state index contributed by atoms with van der Waals surface area (Å²) in [5, 5.41) is 17.6. The standard InChI is InChI=1S/C25H20Cl3N3O3S/c1-3-10-34-25(33)22-14(2)30-24(18(12-29)23(22)15-4-6-16(26)7-5-15)35-13-21(32)31-17-8-9-19(27)20(28)11-17/h3-9,11,23,30H,1,10,13H2,2H3,(H,31,32)/t23-/m0/s1. The van der Waals surface area contributed by atoms with Crippen molar-refractivity contribution < 1.29 is 14.3 Å². The number of dihydropyridines is 1. The van der Waals surface area contributed by atoms with Crippen LogP contribution in [0.1, 0.15) is 18.4 Å². The molecule has 2 N–H and O–H groups in total. The molecule has 6 nitrogen and oxygen atoms in total. The van der Waals surface area contributed by atoms with Crippen molar-refractivity contribution in [3.8, 4) is 6.07 Å². The van der Waals surface area contributed by atoms with Gasteiger partial charge in [-0.05, 0) is 42.8 Å². The molecule has 0 radical (unpaired) electrons. The van der Waals surface area contributed by atoms with E-state index in [1.807, 2.05) is 0 Å². The molecule has 0 aliphatic carbocycles. The second-order valence-electron chi connectivity index (χ2n) is 7.36. The largest absolute Gasteiger partial charge is 0.458 e. The summed E-state index contributed by atoms with van der Waals surface area (Å²) in [5.41, 5.74) is 2.30. The van der Waals surface area contributed by atoms with Gasteiger partial charge in [-0.1, -0.05) is 71.4 Å². The van der Waals surface area contributed by atoms with Crippen molar-refractivity contribution in [3.05, 3.63) is 97.6 Å². The van der Waals surface area contributed by atoms with Crippen LogP contribution in [0, 0.1) is 11.3 Å². The maximum atomic E-state index is 12.9. The SMILES string of the molecule is C=CCOC(=O)C1=C(C)NC(SCC(=O)Nc2ccc(Cl)c(Cl)c2)=C(C#N)[C@@H]1c1ccc(Cl)cc1. The first-order valence-corrected chi connectivity index (χ1v) is 12.4. The number of halogens is 3. The van der Waals surface area contributed by atoms with Gasteiger partial charge < -0.3 is 15.4 Å². The maximum Gasteiger partial charge on any atom is 0.337 e. The van der Waals surface area contributed by atoms with Crippen molar-refractivity contribution in [2.75, 3.05) is 17.7 Å². The normalized spacial score (nSPS) is 15.2. The van der Waals surface area contributed by atoms with Crippen LogP contribution in [0.4, 0.5) is 5.69 Å². The number of thioether (sulfide) groups is 1. The maximum absolute atomic E-state index is 12.9. The Morgan fingerprint density at radius 2 is 1.91 bits per heavy atom. The summed E-state index contributed by atoms with van der Waals surface area (Å²) in [7, 11) is 0. The van der Waals surface area contributed by atoms with Gasteiger partial charge in [0.1, 0.15) is 6.61 Å². The lowest BCUT2D eigenvalue weighted by molar-refractivity contribution is -0.138. The molecule has 3 rings (SSSR count). The van der Waals surface area contributed by atoms with Gasteiger partial charge in [-0.15, -0.1) is 0 Å². The number of hydrogen-bond acceptors (Lipinski definition) is 6. The topological polar surface area (TPSA) is 91.2 Å². The zero-order valence-corrected chi connectivity index (χ0v) is 21.6. The summed E-state index contributed by atoms with van der Waals surface area (Å²) < 4.78 is 5.28. The monoisotopic (exact) mass is 547 g/mol. The van der Waals surface area contributed by atoms with Gasteiger partial charge in [0.25, 0.3) is 0 Å². The molecule has 35 heavy (non-hydrogen) atoms. The zero-order chi connectivity index (χ0) is 25.5. The molecule has 0 saturated heterocycles. The lowest BCUT2D eigenvalue weighted by Crippen LogP contribution is -2.29. The van der Waals surface area contributed by atoms with Crippen molar-refractivity contribution in [2.45, 2.75) is 12.8 Å². The molecule has 10 heteroatoms. The fourth-order valence-corrected chi connectivity index (χ4v) is 4.72. The number of nitrogens with zero attached hydrogens (tertiary/aromatic N) is 1. The Kier molecular flexibility index (Phi) is 9.30. The third-order valence-electron chi connectivity index (χ3n) is 4.95. The van der Waals surface area contributed by atoms with Crippen molar-refractivity contribution in [2.24, 2.45) is 0 Å². The highest BCUT2D eigenvalue weighted by molar-refractivity contribution is 8.03. The molecule has 0 saturated carbocycles. The molecule has 0 unspecified atom stereocenters. The molecular weight excluding hydrogens is 529 g/mol. The smallest absolute Gasteiger partial charge is 0.337 e. The molecule has 1 amide bonds. The minimum atomic E-state index is -0.698. The highest BCUT2D eigenvalue weighted by atomic mass is 35.5. The fraction of sp³-hybridized carbons (Fsp3) is 0.160. The average Bonchev–Trinajstić information content (AvgIpc) is 2.83. The number of rotatable bonds is 8. The van der Waals surface area contributed by atoms with Gasteiger partial charge >= 0.3 is 5.97 Å². The predicted molar refractivity (Wildman–Crippen MR) is 141 cm³/mol. The van der Waals surface area contributed by atoms with Crippen molar-refractivity contribution in [3.63, 3.8) is 0 Å². The fourth-order valence-electron chi connectivity index (χ4n) is 3.41. The Morgan fingerprint density at radius 1 is 1.20 bits per heavy atom. The predicted octanol–water partition coefficient (Wildman–Crippen LogP) is 6.44. The van der Waals surface area contributed by atoms with Crippen LogP contribution < -0.4 is 10.6 Å². The third kappa shape index (κ3) is 6.62. The summed E-state index contributed by atoms with van der Waals surface area (Å²) in [5.74, 6) is -1.56. The molecule has 1 aliphatic rings. The lowest BCUT2D eigenvalue weighted by atomic mass is 9.82. The molecule has 0 spiro atoms. The molecule has 0 bridgehead atoms. The first-order chi connectivity index (χ1) is 16.7. The van der Waals surface area contributed by atoms with E-state index in [1.54, 1.807) is 49.4 Å². The van der Waals surface area contributed by atoms with Gasteiger partial charge in [0.2, 0.25) is 5.91 Å². The molecule has 0 aromatic heterocycles. The van der Waals surface area contributed by atoms with Gasteiger partial charge in [-0.2, -0.15) is 5.26 Å². The van der Waals surface area contributed by atoms with Gasteiger partial charge in [0.05, 0.1) is 44.0 Å². The minimum Gasteiger partial charge on any atom is -0.458 e. The summed E-state index contributed by atoms with van der Waals surface area (Å²) in [6, 6.07) is 13.9. The van der Waals surface area contributed by atoms with Crippen LogP contribution in [0.5, 0.6) is 0 Å². The van der Waals surface area contributed by atoms with Gasteiger partial charge in [0, 0.05) is 16.4 Å². The van der Waals surface area contributed by atoms with Gasteiger partial charge in [0.15, 0.2) is 0 Å². The Balaban J connectivity index is 1.88. The molecule has 2 aromatic carbocycles. The first kappa shape index (κ1) is 26.7. The number of nitriles is 1. The highest BCUT2D eigenvalue weighted by Gasteiger charge is 2.35. The van der Waals surface area contributed by atoms with Crippen molar-refractivity contribution in [1.29, 1.82) is 5.26 Å². The van der Waals surface area contributed by atoms with Crippen LogP contribution in [0.3, 0.4) is 0 Å². The van der Waals surface area contributed by atoms with E-state index in [9.17, 15) is 14.9 Å². The molecular formula is C25H20Cl3N3O3S. The van der Waals surface area contributed by atoms with Crippen molar-refractivity contribution in [1.82, 2.24) is 5.32 Å². The number of carbonyl (C=O) groups excluding carboxylic acids is 2. The van der Waals surface area contributed by atoms with Crippen LogP contribution in [0.2, 0.25) is 15.1 Å². The number of ether oxygens (including phenoxy) is 1. The number of allylic oxidation sites excluding steroid dienone is 2. The van der Waals surface area contributed by atoms with E-state index >= 15 is 0 Å². The number of amides is 1. The number of anilines is 1. The Labute approximate surface area is 222 Å². The molecule has 1 aliphatic heterocycles. The minimum absolute atomic E-state index is 0.00458. The molecule has 2 aromatic rings. The van der Waals surface area contributed by atoms with E-state index in [1.165, 1.54) is 6.08 Å².